The molecule has 0 bridgehead atoms. The van der Waals surface area contributed by atoms with Crippen LogP contribution >= 0.6 is 0 Å². The first-order valence-corrected chi connectivity index (χ1v) is 8.96. The molecule has 1 aromatic rings. The second-order valence-corrected chi connectivity index (χ2v) is 7.00. The van der Waals surface area contributed by atoms with Gasteiger partial charge in [0.1, 0.15) is 0 Å². The van der Waals surface area contributed by atoms with Gasteiger partial charge in [0.05, 0.1) is 22.6 Å². The minimum atomic E-state index is -3.71. The lowest BCUT2D eigenvalue weighted by molar-refractivity contribution is -0.122. The molecular weight excluding hydrogens is 352 g/mol. The van der Waals surface area contributed by atoms with Crippen molar-refractivity contribution in [2.75, 3.05) is 26.7 Å². The third-order valence-electron chi connectivity index (χ3n) is 3.81. The van der Waals surface area contributed by atoms with E-state index in [9.17, 15) is 13.2 Å². The van der Waals surface area contributed by atoms with Gasteiger partial charge in [-0.15, -0.1) is 0 Å². The van der Waals surface area contributed by atoms with Crippen molar-refractivity contribution in [3.05, 3.63) is 29.8 Å². The van der Waals surface area contributed by atoms with Crippen LogP contribution in [0.4, 0.5) is 0 Å². The van der Waals surface area contributed by atoms with E-state index in [0.717, 1.165) is 6.54 Å². The van der Waals surface area contributed by atoms with Crippen molar-refractivity contribution in [3.63, 3.8) is 0 Å². The van der Waals surface area contributed by atoms with Crippen molar-refractivity contribution in [2.45, 2.75) is 24.0 Å². The summed E-state index contributed by atoms with van der Waals surface area (Å²) < 4.78 is 32.8. The van der Waals surface area contributed by atoms with Crippen LogP contribution in [-0.2, 0) is 19.6 Å². The number of rotatable bonds is 6. The zero-order chi connectivity index (χ0) is 19.0. The molecule has 1 saturated heterocycles. The molecule has 0 aromatic heterocycles. The number of carboxylic acids is 1. The quantitative estimate of drug-likeness (QED) is 0.596. The standard InChI is InChI=1S/C14H20N2O5S.CH2O2/c1-3-16-8-12(13(9-16)21-2)15-22(19,20)11-6-4-10(5-7-11)14(17)18;2-1-3/h4-7,12-13,15H,3,8-9H2,1-2H3,(H,17,18);1H,(H,2,3)/t12-,13-;/m0./s1. The number of aromatic carboxylic acids is 1. The van der Waals surface area contributed by atoms with Gasteiger partial charge in [-0.25, -0.2) is 17.9 Å². The second-order valence-electron chi connectivity index (χ2n) is 5.29. The fraction of sp³-hybridized carbons (Fsp3) is 0.467. The lowest BCUT2D eigenvalue weighted by atomic mass is 10.2. The molecule has 0 aliphatic carbocycles. The Morgan fingerprint density at radius 3 is 2.36 bits per heavy atom. The van der Waals surface area contributed by atoms with Crippen LogP contribution in [0, 0.1) is 0 Å². The molecule has 9 nitrogen and oxygen atoms in total. The topological polar surface area (TPSA) is 133 Å². The molecule has 1 aromatic carbocycles. The Bertz CT molecular complexity index is 676. The van der Waals surface area contributed by atoms with E-state index >= 15 is 0 Å². The van der Waals surface area contributed by atoms with E-state index in [1.165, 1.54) is 24.3 Å². The van der Waals surface area contributed by atoms with Gasteiger partial charge in [-0.3, -0.25) is 9.69 Å². The van der Waals surface area contributed by atoms with Gasteiger partial charge in [0.2, 0.25) is 10.0 Å². The summed E-state index contributed by atoms with van der Waals surface area (Å²) in [5, 5.41) is 15.7. The van der Waals surface area contributed by atoms with Crippen molar-refractivity contribution in [2.24, 2.45) is 0 Å². The van der Waals surface area contributed by atoms with Crippen LogP contribution in [0.3, 0.4) is 0 Å². The Morgan fingerprint density at radius 1 is 1.36 bits per heavy atom. The van der Waals surface area contributed by atoms with Crippen LogP contribution < -0.4 is 4.72 Å². The zero-order valence-electron chi connectivity index (χ0n) is 14.0. The average Bonchev–Trinajstić information content (AvgIpc) is 2.97. The van der Waals surface area contributed by atoms with Gasteiger partial charge in [0.15, 0.2) is 0 Å². The molecule has 0 spiro atoms. The summed E-state index contributed by atoms with van der Waals surface area (Å²) in [6.07, 6.45) is -0.201. The molecule has 25 heavy (non-hydrogen) atoms. The largest absolute Gasteiger partial charge is 0.483 e. The lowest BCUT2D eigenvalue weighted by Crippen LogP contribution is -2.43. The summed E-state index contributed by atoms with van der Waals surface area (Å²) in [6, 6.07) is 4.81. The average molecular weight is 374 g/mol. The highest BCUT2D eigenvalue weighted by Crippen LogP contribution is 2.17. The molecule has 0 amide bonds. The molecule has 0 saturated carbocycles. The number of methoxy groups -OCH3 is 1. The number of likely N-dealkylation sites (tertiary alicyclic amines) is 1. The fourth-order valence-corrected chi connectivity index (χ4v) is 3.76. The summed E-state index contributed by atoms with van der Waals surface area (Å²) in [5.74, 6) is -1.09. The summed E-state index contributed by atoms with van der Waals surface area (Å²) in [6.45, 7) is 3.85. The molecule has 0 radical (unpaired) electrons. The van der Waals surface area contributed by atoms with E-state index in [0.29, 0.717) is 13.1 Å². The van der Waals surface area contributed by atoms with Gasteiger partial charge in [-0.1, -0.05) is 6.92 Å². The third-order valence-corrected chi connectivity index (χ3v) is 5.32. The van der Waals surface area contributed by atoms with Gasteiger partial charge < -0.3 is 14.9 Å². The molecule has 2 atom stereocenters. The van der Waals surface area contributed by atoms with Crippen LogP contribution in [0.25, 0.3) is 0 Å². The monoisotopic (exact) mass is 374 g/mol. The normalized spacial score (nSPS) is 20.6. The number of carboxylic acid groups (broad SMARTS) is 2. The SMILES string of the molecule is CCN1C[C@H](NS(=O)(=O)c2ccc(C(=O)O)cc2)[C@@H](OC)C1.O=CO. The first kappa shape index (κ1) is 21.0. The number of sulfonamides is 1. The first-order valence-electron chi connectivity index (χ1n) is 7.47. The maximum Gasteiger partial charge on any atom is 0.335 e. The highest BCUT2D eigenvalue weighted by atomic mass is 32.2. The van der Waals surface area contributed by atoms with Gasteiger partial charge in [-0.05, 0) is 30.8 Å². The molecule has 0 unspecified atom stereocenters. The molecule has 3 N–H and O–H groups in total. The number of benzene rings is 1. The summed E-state index contributed by atoms with van der Waals surface area (Å²) >= 11 is 0. The number of nitrogens with zero attached hydrogens (tertiary/aromatic N) is 1. The maximum absolute atomic E-state index is 12.4. The Balaban J connectivity index is 0.000000970. The molecule has 10 heteroatoms. The van der Waals surface area contributed by atoms with E-state index < -0.39 is 16.0 Å². The zero-order valence-corrected chi connectivity index (χ0v) is 14.8. The predicted molar refractivity (Wildman–Crippen MR) is 89.1 cm³/mol. The van der Waals surface area contributed by atoms with E-state index in [2.05, 4.69) is 9.62 Å². The molecule has 1 fully saturated rings. The third kappa shape index (κ3) is 5.78. The Morgan fingerprint density at radius 2 is 1.92 bits per heavy atom. The molecule has 2 rings (SSSR count). The van der Waals surface area contributed by atoms with Crippen LogP contribution in [0.15, 0.2) is 29.2 Å². The Hall–Kier alpha value is -2.01. The van der Waals surface area contributed by atoms with Crippen molar-refractivity contribution in [1.82, 2.24) is 9.62 Å². The number of hydrogen-bond donors (Lipinski definition) is 3. The van der Waals surface area contributed by atoms with Gasteiger partial charge in [-0.2, -0.15) is 0 Å². The molecular formula is C15H22N2O7S. The van der Waals surface area contributed by atoms with Crippen molar-refractivity contribution >= 4 is 22.5 Å². The number of hydrogen-bond acceptors (Lipinski definition) is 6. The lowest BCUT2D eigenvalue weighted by Gasteiger charge is -2.18. The Kier molecular flexibility index (Phi) is 7.97. The summed E-state index contributed by atoms with van der Waals surface area (Å²) in [4.78, 5) is 21.3. The van der Waals surface area contributed by atoms with Gasteiger partial charge >= 0.3 is 5.97 Å². The molecule has 1 aliphatic rings. The molecule has 1 aliphatic heterocycles. The number of likely N-dealkylation sites (N-methyl/N-ethyl adjacent to an activating group) is 1. The first-order chi connectivity index (χ1) is 11.8. The van der Waals surface area contributed by atoms with Crippen LogP contribution in [0.1, 0.15) is 17.3 Å². The number of nitrogens with one attached hydrogen (secondary N) is 1. The number of ether oxygens (including phenoxy) is 1. The van der Waals surface area contributed by atoms with Crippen molar-refractivity contribution in [3.8, 4) is 0 Å². The molecule has 1 heterocycles. The fourth-order valence-electron chi connectivity index (χ4n) is 2.51. The van der Waals surface area contributed by atoms with E-state index in [4.69, 9.17) is 19.7 Å². The van der Waals surface area contributed by atoms with Crippen molar-refractivity contribution < 1.29 is 33.0 Å². The van der Waals surface area contributed by atoms with Gasteiger partial charge in [0.25, 0.3) is 6.47 Å². The smallest absolute Gasteiger partial charge is 0.335 e. The van der Waals surface area contributed by atoms with E-state index in [1.807, 2.05) is 6.92 Å². The highest BCUT2D eigenvalue weighted by Gasteiger charge is 2.35. The summed E-state index contributed by atoms with van der Waals surface area (Å²) in [7, 11) is -2.15. The highest BCUT2D eigenvalue weighted by molar-refractivity contribution is 7.89. The summed E-state index contributed by atoms with van der Waals surface area (Å²) in [5.41, 5.74) is 0.0479. The van der Waals surface area contributed by atoms with E-state index in [-0.39, 0.29) is 29.1 Å². The second kappa shape index (κ2) is 9.47. The van der Waals surface area contributed by atoms with Gasteiger partial charge in [0, 0.05) is 20.2 Å². The van der Waals surface area contributed by atoms with Crippen LogP contribution in [-0.4, -0.2) is 74.9 Å². The minimum absolute atomic E-state index is 0.0438. The Labute approximate surface area is 146 Å². The van der Waals surface area contributed by atoms with Crippen molar-refractivity contribution in [1.29, 1.82) is 0 Å². The molecule has 140 valence electrons. The number of carbonyl (C=O) groups is 2. The predicted octanol–water partition coefficient (Wildman–Crippen LogP) is 0.0830. The van der Waals surface area contributed by atoms with Crippen LogP contribution in [0.5, 0.6) is 0 Å². The van der Waals surface area contributed by atoms with E-state index in [1.54, 1.807) is 7.11 Å². The maximum atomic E-state index is 12.4. The minimum Gasteiger partial charge on any atom is -0.483 e. The van der Waals surface area contributed by atoms with Crippen LogP contribution in [0.2, 0.25) is 0 Å².